The van der Waals surface area contributed by atoms with Crippen LogP contribution in [0.25, 0.3) is 22.2 Å². The highest BCUT2D eigenvalue weighted by molar-refractivity contribution is 9.10. The van der Waals surface area contributed by atoms with E-state index < -0.39 is 5.91 Å². The lowest BCUT2D eigenvalue weighted by atomic mass is 9.93. The Kier molecular flexibility index (Phi) is 4.09. The lowest BCUT2D eigenvalue weighted by Crippen LogP contribution is -2.14. The monoisotopic (exact) mass is 387 g/mol. The van der Waals surface area contributed by atoms with Gasteiger partial charge in [0.2, 0.25) is 0 Å². The Morgan fingerprint density at radius 2 is 2.04 bits per heavy atom. The number of rotatable bonds is 3. The van der Waals surface area contributed by atoms with Gasteiger partial charge in [0.25, 0.3) is 5.91 Å². The summed E-state index contributed by atoms with van der Waals surface area (Å²) in [6, 6.07) is 5.71. The van der Waals surface area contributed by atoms with Gasteiger partial charge in [-0.15, -0.1) is 0 Å². The van der Waals surface area contributed by atoms with Crippen LogP contribution in [0.5, 0.6) is 5.75 Å². The minimum absolute atomic E-state index is 0.243. The third-order valence-electron chi connectivity index (χ3n) is 4.25. The van der Waals surface area contributed by atoms with E-state index in [1.54, 1.807) is 13.2 Å². The molecule has 1 amide bonds. The molecule has 0 saturated heterocycles. The number of nitrogens with zero attached hydrogens (tertiary/aromatic N) is 2. The molecule has 0 spiro atoms. The van der Waals surface area contributed by atoms with E-state index >= 15 is 0 Å². The zero-order valence-electron chi connectivity index (χ0n) is 14.0. The molecule has 0 fully saturated rings. The first-order valence-corrected chi connectivity index (χ1v) is 8.24. The Hall–Kier alpha value is -2.34. The molecular formula is C18H18BrN3O2. The fraction of sp³-hybridized carbons (Fsp3) is 0.222. The maximum Gasteiger partial charge on any atom is 0.267 e. The number of hydrogen-bond donors (Lipinski definition) is 1. The number of aromatic nitrogens is 2. The summed E-state index contributed by atoms with van der Waals surface area (Å²) in [7, 11) is 3.54. The highest BCUT2D eigenvalue weighted by atomic mass is 79.9. The minimum Gasteiger partial charge on any atom is -0.496 e. The molecule has 0 saturated carbocycles. The highest BCUT2D eigenvalue weighted by Crippen LogP contribution is 2.40. The lowest BCUT2D eigenvalue weighted by molar-refractivity contribution is 0.0996. The summed E-state index contributed by atoms with van der Waals surface area (Å²) in [4.78, 5) is 16.2. The molecule has 0 unspecified atom stereocenters. The molecule has 124 valence electrons. The summed E-state index contributed by atoms with van der Waals surface area (Å²) in [5.41, 5.74) is 10.5. The van der Waals surface area contributed by atoms with Gasteiger partial charge in [-0.05, 0) is 64.2 Å². The predicted octanol–water partition coefficient (Wildman–Crippen LogP) is 3.73. The normalized spacial score (nSPS) is 11.0. The average molecular weight is 388 g/mol. The molecule has 1 aromatic carbocycles. The van der Waals surface area contributed by atoms with Crippen molar-refractivity contribution in [3.05, 3.63) is 45.7 Å². The van der Waals surface area contributed by atoms with Gasteiger partial charge in [-0.25, -0.2) is 4.98 Å². The number of pyridine rings is 1. The summed E-state index contributed by atoms with van der Waals surface area (Å²) in [6.07, 6.45) is 1.93. The Balaban J connectivity index is 2.48. The van der Waals surface area contributed by atoms with Gasteiger partial charge in [0.05, 0.1) is 7.11 Å². The molecule has 6 heteroatoms. The zero-order valence-corrected chi connectivity index (χ0v) is 15.6. The number of fused-ring (bicyclic) bond motifs is 1. The molecule has 0 aliphatic heterocycles. The molecule has 0 aliphatic rings. The number of aryl methyl sites for hydroxylation is 2. The molecular weight excluding hydrogens is 370 g/mol. The Bertz CT molecular complexity index is 976. The van der Waals surface area contributed by atoms with E-state index in [4.69, 9.17) is 10.5 Å². The van der Waals surface area contributed by atoms with Crippen LogP contribution in [-0.2, 0) is 7.05 Å². The van der Waals surface area contributed by atoms with Gasteiger partial charge < -0.3 is 15.0 Å². The summed E-state index contributed by atoms with van der Waals surface area (Å²) >= 11 is 3.60. The Morgan fingerprint density at radius 3 is 2.67 bits per heavy atom. The van der Waals surface area contributed by atoms with Gasteiger partial charge in [-0.2, -0.15) is 0 Å². The second-order valence-corrected chi connectivity index (χ2v) is 6.64. The number of nitrogens with two attached hydrogens (primary N) is 1. The van der Waals surface area contributed by atoms with Crippen LogP contribution >= 0.6 is 15.9 Å². The van der Waals surface area contributed by atoms with E-state index in [1.165, 1.54) is 0 Å². The number of halogens is 1. The summed E-state index contributed by atoms with van der Waals surface area (Å²) in [6.45, 7) is 4.04. The van der Waals surface area contributed by atoms with E-state index in [1.807, 2.05) is 43.8 Å². The van der Waals surface area contributed by atoms with E-state index in [0.29, 0.717) is 5.65 Å². The minimum atomic E-state index is -0.548. The van der Waals surface area contributed by atoms with E-state index in [-0.39, 0.29) is 5.69 Å². The average Bonchev–Trinajstić information content (AvgIpc) is 2.82. The van der Waals surface area contributed by atoms with Crippen molar-refractivity contribution in [3.8, 4) is 16.9 Å². The number of benzene rings is 1. The highest BCUT2D eigenvalue weighted by Gasteiger charge is 2.20. The topological polar surface area (TPSA) is 70.1 Å². The van der Waals surface area contributed by atoms with Crippen LogP contribution in [0.1, 0.15) is 21.6 Å². The van der Waals surface area contributed by atoms with E-state index in [0.717, 1.165) is 37.9 Å². The van der Waals surface area contributed by atoms with Crippen molar-refractivity contribution in [1.82, 2.24) is 9.55 Å². The van der Waals surface area contributed by atoms with Gasteiger partial charge in [0.1, 0.15) is 17.1 Å². The van der Waals surface area contributed by atoms with Gasteiger partial charge in [0.15, 0.2) is 0 Å². The second-order valence-electron chi connectivity index (χ2n) is 5.79. The molecule has 24 heavy (non-hydrogen) atoms. The molecule has 0 bridgehead atoms. The number of carbonyl (C=O) groups is 1. The molecule has 0 aliphatic carbocycles. The molecule has 3 rings (SSSR count). The lowest BCUT2D eigenvalue weighted by Gasteiger charge is -2.15. The molecule has 2 N–H and O–H groups in total. The fourth-order valence-electron chi connectivity index (χ4n) is 3.10. The predicted molar refractivity (Wildman–Crippen MR) is 98.4 cm³/mol. The number of carbonyl (C=O) groups excluding carboxylic acids is 1. The van der Waals surface area contributed by atoms with Crippen LogP contribution in [0.15, 0.2) is 28.9 Å². The van der Waals surface area contributed by atoms with Crippen LogP contribution in [-0.4, -0.2) is 22.6 Å². The van der Waals surface area contributed by atoms with Crippen LogP contribution in [0.4, 0.5) is 0 Å². The van der Waals surface area contributed by atoms with Crippen molar-refractivity contribution in [2.75, 3.05) is 7.11 Å². The van der Waals surface area contributed by atoms with Gasteiger partial charge >= 0.3 is 0 Å². The SMILES string of the molecule is COc1ccc(C)c(-c2cc(C(N)=O)nc3c2c(Br)cn3C)c1C. The third kappa shape index (κ3) is 2.47. The molecule has 5 nitrogen and oxygen atoms in total. The smallest absolute Gasteiger partial charge is 0.267 e. The van der Waals surface area contributed by atoms with E-state index in [2.05, 4.69) is 20.9 Å². The number of amides is 1. The standard InChI is InChI=1S/C18H18BrN3O2/c1-9-5-6-14(24-4)10(2)15(9)11-7-13(17(20)23)21-18-16(11)12(19)8-22(18)3/h5-8H,1-4H3,(H2,20,23). The van der Waals surface area contributed by atoms with Crippen molar-refractivity contribution in [3.63, 3.8) is 0 Å². The maximum absolute atomic E-state index is 11.8. The first-order chi connectivity index (χ1) is 11.3. The summed E-state index contributed by atoms with van der Waals surface area (Å²) < 4.78 is 8.26. The quantitative estimate of drug-likeness (QED) is 0.744. The second kappa shape index (κ2) is 5.94. The van der Waals surface area contributed by atoms with Gasteiger partial charge in [-0.3, -0.25) is 4.79 Å². The van der Waals surface area contributed by atoms with Crippen molar-refractivity contribution >= 4 is 32.9 Å². The number of primary amides is 1. The molecule has 2 heterocycles. The van der Waals surface area contributed by atoms with Crippen molar-refractivity contribution < 1.29 is 9.53 Å². The Labute approximate surface area is 148 Å². The van der Waals surface area contributed by atoms with Gasteiger partial charge in [-0.1, -0.05) is 6.07 Å². The third-order valence-corrected chi connectivity index (χ3v) is 4.85. The van der Waals surface area contributed by atoms with Crippen LogP contribution in [0, 0.1) is 13.8 Å². The number of ether oxygens (including phenoxy) is 1. The fourth-order valence-corrected chi connectivity index (χ4v) is 3.80. The van der Waals surface area contributed by atoms with Crippen molar-refractivity contribution in [2.45, 2.75) is 13.8 Å². The zero-order chi connectivity index (χ0) is 17.6. The molecule has 2 aromatic heterocycles. The first-order valence-electron chi connectivity index (χ1n) is 7.45. The molecule has 3 aromatic rings. The number of hydrogen-bond acceptors (Lipinski definition) is 3. The summed E-state index contributed by atoms with van der Waals surface area (Å²) in [5, 5.41) is 0.946. The van der Waals surface area contributed by atoms with Crippen LogP contribution < -0.4 is 10.5 Å². The van der Waals surface area contributed by atoms with Gasteiger partial charge in [0, 0.05) is 23.1 Å². The van der Waals surface area contributed by atoms with Crippen molar-refractivity contribution in [2.24, 2.45) is 12.8 Å². The van der Waals surface area contributed by atoms with Crippen molar-refractivity contribution in [1.29, 1.82) is 0 Å². The van der Waals surface area contributed by atoms with E-state index in [9.17, 15) is 4.79 Å². The largest absolute Gasteiger partial charge is 0.496 e. The first kappa shape index (κ1) is 16.5. The summed E-state index contributed by atoms with van der Waals surface area (Å²) in [5.74, 6) is 0.252. The Morgan fingerprint density at radius 1 is 1.33 bits per heavy atom. The maximum atomic E-state index is 11.8. The molecule has 0 radical (unpaired) electrons. The van der Waals surface area contributed by atoms with Crippen LogP contribution in [0.3, 0.4) is 0 Å². The van der Waals surface area contributed by atoms with Crippen LogP contribution in [0.2, 0.25) is 0 Å². The number of methoxy groups -OCH3 is 1. The molecule has 0 atom stereocenters.